The molecule has 1 aliphatic carbocycles. The van der Waals surface area contributed by atoms with Crippen molar-refractivity contribution in [2.24, 2.45) is 0 Å². The topological polar surface area (TPSA) is 54.9 Å². The van der Waals surface area contributed by atoms with Crippen molar-refractivity contribution < 1.29 is 4.79 Å². The summed E-state index contributed by atoms with van der Waals surface area (Å²) in [5.74, 6) is 0.476. The second-order valence-corrected chi connectivity index (χ2v) is 7.17. The van der Waals surface area contributed by atoms with Gasteiger partial charge in [-0.05, 0) is 43.6 Å². The first-order chi connectivity index (χ1) is 10.8. The van der Waals surface area contributed by atoms with Crippen LogP contribution in [0.4, 0.5) is 0 Å². The number of allylic oxidation sites excluding steroid dienone is 1. The van der Waals surface area contributed by atoms with Crippen molar-refractivity contribution in [3.05, 3.63) is 29.4 Å². The standard InChI is InChI=1S/C16H19N3OS2/c20-14(17-8-6-12-4-2-1-3-5-12)10-22-16-13-7-9-21-15(13)18-11-19-16/h4,7,9,11H,1-3,5-6,8,10H2,(H,17,20). The molecule has 1 N–H and O–H groups in total. The molecule has 0 aliphatic heterocycles. The zero-order valence-corrected chi connectivity index (χ0v) is 14.0. The summed E-state index contributed by atoms with van der Waals surface area (Å²) in [6.07, 6.45) is 9.87. The van der Waals surface area contributed by atoms with Crippen molar-refractivity contribution in [3.63, 3.8) is 0 Å². The number of aromatic nitrogens is 2. The molecular formula is C16H19N3OS2. The van der Waals surface area contributed by atoms with E-state index >= 15 is 0 Å². The Balaban J connectivity index is 1.44. The molecule has 1 aliphatic rings. The second kappa shape index (κ2) is 7.74. The van der Waals surface area contributed by atoms with Crippen LogP contribution in [0.5, 0.6) is 0 Å². The molecule has 0 bridgehead atoms. The van der Waals surface area contributed by atoms with Gasteiger partial charge in [0.15, 0.2) is 0 Å². The van der Waals surface area contributed by atoms with E-state index in [4.69, 9.17) is 0 Å². The van der Waals surface area contributed by atoms with Gasteiger partial charge >= 0.3 is 0 Å². The Labute approximate surface area is 138 Å². The number of thiophene rings is 1. The lowest BCUT2D eigenvalue weighted by Gasteiger charge is -2.12. The van der Waals surface area contributed by atoms with E-state index in [1.807, 2.05) is 11.4 Å². The van der Waals surface area contributed by atoms with Crippen molar-refractivity contribution in [2.75, 3.05) is 12.3 Å². The van der Waals surface area contributed by atoms with Crippen molar-refractivity contribution in [1.82, 2.24) is 15.3 Å². The zero-order chi connectivity index (χ0) is 15.2. The van der Waals surface area contributed by atoms with E-state index in [1.54, 1.807) is 17.7 Å². The highest BCUT2D eigenvalue weighted by molar-refractivity contribution is 8.00. The van der Waals surface area contributed by atoms with Gasteiger partial charge in [-0.25, -0.2) is 9.97 Å². The van der Waals surface area contributed by atoms with Crippen LogP contribution >= 0.6 is 23.1 Å². The highest BCUT2D eigenvalue weighted by Gasteiger charge is 2.09. The largest absolute Gasteiger partial charge is 0.355 e. The van der Waals surface area contributed by atoms with Crippen molar-refractivity contribution in [1.29, 1.82) is 0 Å². The molecule has 3 rings (SSSR count). The fourth-order valence-corrected chi connectivity index (χ4v) is 4.17. The molecule has 2 aromatic rings. The average molecular weight is 333 g/mol. The van der Waals surface area contributed by atoms with E-state index in [2.05, 4.69) is 21.4 Å². The Morgan fingerprint density at radius 1 is 1.36 bits per heavy atom. The average Bonchev–Trinajstić information content (AvgIpc) is 3.03. The number of thioether (sulfide) groups is 1. The third-order valence-corrected chi connectivity index (χ3v) is 5.54. The molecule has 2 heterocycles. The molecule has 0 aromatic carbocycles. The van der Waals surface area contributed by atoms with Crippen molar-refractivity contribution >= 4 is 39.2 Å². The molecule has 0 spiro atoms. The minimum atomic E-state index is 0.0726. The van der Waals surface area contributed by atoms with Crippen LogP contribution in [0.25, 0.3) is 10.2 Å². The van der Waals surface area contributed by atoms with Crippen molar-refractivity contribution in [3.8, 4) is 0 Å². The van der Waals surface area contributed by atoms with Crippen LogP contribution in [-0.4, -0.2) is 28.2 Å². The van der Waals surface area contributed by atoms with Gasteiger partial charge in [0.2, 0.25) is 5.91 Å². The van der Waals surface area contributed by atoms with Crippen molar-refractivity contribution in [2.45, 2.75) is 37.1 Å². The highest BCUT2D eigenvalue weighted by Crippen LogP contribution is 2.27. The van der Waals surface area contributed by atoms with E-state index in [9.17, 15) is 4.79 Å². The lowest BCUT2D eigenvalue weighted by Crippen LogP contribution is -2.26. The van der Waals surface area contributed by atoms with Gasteiger partial charge in [-0.1, -0.05) is 23.4 Å². The third-order valence-electron chi connectivity index (χ3n) is 3.72. The van der Waals surface area contributed by atoms with Crippen LogP contribution in [0.2, 0.25) is 0 Å². The Hall–Kier alpha value is -1.40. The molecule has 0 unspecified atom stereocenters. The Morgan fingerprint density at radius 3 is 3.18 bits per heavy atom. The van der Waals surface area contributed by atoms with Gasteiger partial charge in [0.25, 0.3) is 0 Å². The number of nitrogens with one attached hydrogen (secondary N) is 1. The van der Waals surface area contributed by atoms with Gasteiger partial charge in [-0.15, -0.1) is 11.3 Å². The van der Waals surface area contributed by atoms with Crippen LogP contribution in [0.15, 0.2) is 34.4 Å². The van der Waals surface area contributed by atoms with E-state index in [0.717, 1.165) is 28.2 Å². The SMILES string of the molecule is O=C(CSc1ncnc2sccc12)NCCC1=CCCCC1. The lowest BCUT2D eigenvalue weighted by atomic mass is 9.97. The summed E-state index contributed by atoms with van der Waals surface area (Å²) < 4.78 is 0. The van der Waals surface area contributed by atoms with Gasteiger partial charge in [0.1, 0.15) is 16.2 Å². The maximum atomic E-state index is 11.9. The smallest absolute Gasteiger partial charge is 0.230 e. The highest BCUT2D eigenvalue weighted by atomic mass is 32.2. The normalized spacial score (nSPS) is 14.8. The maximum absolute atomic E-state index is 11.9. The van der Waals surface area contributed by atoms with Crippen LogP contribution in [-0.2, 0) is 4.79 Å². The summed E-state index contributed by atoms with van der Waals surface area (Å²) in [5, 5.41) is 6.93. The number of hydrogen-bond acceptors (Lipinski definition) is 5. The number of hydrogen-bond donors (Lipinski definition) is 1. The minimum Gasteiger partial charge on any atom is -0.355 e. The molecule has 0 fully saturated rings. The fourth-order valence-electron chi connectivity index (χ4n) is 2.56. The van der Waals surface area contributed by atoms with Crippen LogP contribution in [0.3, 0.4) is 0 Å². The number of nitrogens with zero attached hydrogens (tertiary/aromatic N) is 2. The molecular weight excluding hydrogens is 314 g/mol. The summed E-state index contributed by atoms with van der Waals surface area (Å²) in [7, 11) is 0. The monoisotopic (exact) mass is 333 g/mol. The maximum Gasteiger partial charge on any atom is 0.230 e. The molecule has 1 amide bonds. The number of rotatable bonds is 6. The first kappa shape index (κ1) is 15.5. The molecule has 116 valence electrons. The quantitative estimate of drug-likeness (QED) is 0.496. The summed E-state index contributed by atoms with van der Waals surface area (Å²) in [6.45, 7) is 0.739. The summed E-state index contributed by atoms with van der Waals surface area (Å²) >= 11 is 3.07. The first-order valence-electron chi connectivity index (χ1n) is 7.58. The summed E-state index contributed by atoms with van der Waals surface area (Å²) in [4.78, 5) is 21.4. The Morgan fingerprint density at radius 2 is 2.32 bits per heavy atom. The predicted octanol–water partition coefficient (Wildman–Crippen LogP) is 3.79. The zero-order valence-electron chi connectivity index (χ0n) is 12.4. The number of fused-ring (bicyclic) bond motifs is 1. The van der Waals surface area contributed by atoms with Gasteiger partial charge in [-0.3, -0.25) is 4.79 Å². The van der Waals surface area contributed by atoms with Gasteiger partial charge < -0.3 is 5.32 Å². The third kappa shape index (κ3) is 4.08. The second-order valence-electron chi connectivity index (χ2n) is 5.32. The summed E-state index contributed by atoms with van der Waals surface area (Å²) in [5.41, 5.74) is 1.50. The number of carbonyl (C=O) groups is 1. The molecule has 0 saturated carbocycles. The summed E-state index contributed by atoms with van der Waals surface area (Å²) in [6, 6.07) is 2.01. The van der Waals surface area contributed by atoms with E-state index in [0.29, 0.717) is 5.75 Å². The fraction of sp³-hybridized carbons (Fsp3) is 0.438. The minimum absolute atomic E-state index is 0.0726. The number of amides is 1. The first-order valence-corrected chi connectivity index (χ1v) is 9.45. The van der Waals surface area contributed by atoms with Crippen LogP contribution < -0.4 is 5.32 Å². The van der Waals surface area contributed by atoms with Crippen LogP contribution in [0, 0.1) is 0 Å². The van der Waals surface area contributed by atoms with E-state index in [-0.39, 0.29) is 5.91 Å². The molecule has 4 nitrogen and oxygen atoms in total. The Bertz CT molecular complexity index is 681. The molecule has 6 heteroatoms. The lowest BCUT2D eigenvalue weighted by molar-refractivity contribution is -0.118. The van der Waals surface area contributed by atoms with Gasteiger partial charge in [-0.2, -0.15) is 0 Å². The predicted molar refractivity (Wildman–Crippen MR) is 92.3 cm³/mol. The molecule has 0 saturated heterocycles. The van der Waals surface area contributed by atoms with Gasteiger partial charge in [0, 0.05) is 11.9 Å². The molecule has 0 atom stereocenters. The molecule has 0 radical (unpaired) electrons. The van der Waals surface area contributed by atoms with Gasteiger partial charge in [0.05, 0.1) is 5.75 Å². The molecule has 22 heavy (non-hydrogen) atoms. The molecule has 2 aromatic heterocycles. The van der Waals surface area contributed by atoms with E-state index in [1.165, 1.54) is 43.0 Å². The Kier molecular flexibility index (Phi) is 5.45. The van der Waals surface area contributed by atoms with Crippen LogP contribution in [0.1, 0.15) is 32.1 Å². The van der Waals surface area contributed by atoms with E-state index < -0.39 is 0 Å². The number of carbonyl (C=O) groups excluding carboxylic acids is 1.